The quantitative estimate of drug-likeness (QED) is 0.171. The number of unbranched alkanes of at least 4 members (excludes halogenated alkanes) is 8. The van der Waals surface area contributed by atoms with Gasteiger partial charge in [0.25, 0.3) is 0 Å². The molecule has 0 radical (unpaired) electrons. The Bertz CT molecular complexity index is 948. The van der Waals surface area contributed by atoms with Crippen molar-refractivity contribution in [3.63, 3.8) is 0 Å². The van der Waals surface area contributed by atoms with Crippen molar-refractivity contribution >= 4 is 6.08 Å². The van der Waals surface area contributed by atoms with Crippen LogP contribution in [0.25, 0.3) is 11.9 Å². The van der Waals surface area contributed by atoms with Crippen molar-refractivity contribution in [1.29, 1.82) is 0 Å². The Morgan fingerprint density at radius 2 is 1.52 bits per heavy atom. The Kier molecular flexibility index (Phi) is 10.9. The van der Waals surface area contributed by atoms with Crippen LogP contribution >= 0.6 is 0 Å². The van der Waals surface area contributed by atoms with E-state index in [4.69, 9.17) is 4.98 Å². The lowest BCUT2D eigenvalue weighted by atomic mass is 9.86. The summed E-state index contributed by atoms with van der Waals surface area (Å²) in [6.45, 7) is 6.33. The maximum Gasteiger partial charge on any atom is 0.330 e. The van der Waals surface area contributed by atoms with Crippen molar-refractivity contribution < 1.29 is 4.57 Å². The zero-order chi connectivity index (χ0) is 23.1. The number of nitrogens with zero attached hydrogens (tertiary/aromatic N) is 2. The van der Waals surface area contributed by atoms with E-state index in [1.54, 1.807) is 0 Å². The van der Waals surface area contributed by atoms with Gasteiger partial charge in [-0.05, 0) is 59.1 Å². The number of benzene rings is 1. The summed E-state index contributed by atoms with van der Waals surface area (Å²) in [5, 5.41) is 0. The maximum absolute atomic E-state index is 4.79. The monoisotopic (exact) mass is 441 g/mol. The molecule has 0 aliphatic carbocycles. The maximum atomic E-state index is 4.79. The fourth-order valence-corrected chi connectivity index (χ4v) is 4.74. The molecule has 1 aromatic carbocycles. The van der Waals surface area contributed by atoms with Crippen LogP contribution in [0, 0.1) is 0 Å². The van der Waals surface area contributed by atoms with Crippen LogP contribution in [0.15, 0.2) is 79.8 Å². The number of rotatable bonds is 15. The molecule has 0 saturated heterocycles. The highest BCUT2D eigenvalue weighted by atomic mass is 15.0. The molecular formula is C31H41N2+. The fourth-order valence-electron chi connectivity index (χ4n) is 4.74. The molecule has 1 atom stereocenters. The predicted octanol–water partition coefficient (Wildman–Crippen LogP) is 8.25. The average molecular weight is 442 g/mol. The van der Waals surface area contributed by atoms with E-state index in [0.29, 0.717) is 5.92 Å². The van der Waals surface area contributed by atoms with Crippen molar-refractivity contribution in [2.45, 2.75) is 83.5 Å². The Labute approximate surface area is 201 Å². The number of pyridine rings is 2. The van der Waals surface area contributed by atoms with E-state index in [9.17, 15) is 0 Å². The molecule has 0 fully saturated rings. The molecule has 2 heteroatoms. The van der Waals surface area contributed by atoms with Gasteiger partial charge in [0.05, 0.1) is 12.4 Å². The van der Waals surface area contributed by atoms with E-state index < -0.39 is 0 Å². The van der Waals surface area contributed by atoms with E-state index in [-0.39, 0.29) is 0 Å². The lowest BCUT2D eigenvalue weighted by Gasteiger charge is -2.19. The second-order valence-electron chi connectivity index (χ2n) is 9.12. The minimum Gasteiger partial charge on any atom is -0.203 e. The first-order chi connectivity index (χ1) is 16.3. The van der Waals surface area contributed by atoms with Gasteiger partial charge < -0.3 is 0 Å². The van der Waals surface area contributed by atoms with Crippen LogP contribution in [-0.4, -0.2) is 4.98 Å². The van der Waals surface area contributed by atoms with E-state index in [1.807, 2.05) is 12.3 Å². The van der Waals surface area contributed by atoms with Crippen LogP contribution in [0.5, 0.6) is 0 Å². The molecule has 0 saturated carbocycles. The summed E-state index contributed by atoms with van der Waals surface area (Å²) in [6, 6.07) is 19.2. The molecule has 0 bridgehead atoms. The van der Waals surface area contributed by atoms with Gasteiger partial charge in [-0.1, -0.05) is 108 Å². The summed E-state index contributed by atoms with van der Waals surface area (Å²) in [7, 11) is 0. The first-order valence-electron chi connectivity index (χ1n) is 13.0. The number of hydrogen-bond acceptors (Lipinski definition) is 1. The van der Waals surface area contributed by atoms with E-state index >= 15 is 0 Å². The van der Waals surface area contributed by atoms with Crippen LogP contribution in [-0.2, 0) is 6.42 Å². The normalized spacial score (nSPS) is 11.9. The topological polar surface area (TPSA) is 16.8 Å². The average Bonchev–Trinajstić information content (AvgIpc) is 2.88. The van der Waals surface area contributed by atoms with Crippen LogP contribution in [0.4, 0.5) is 0 Å². The summed E-state index contributed by atoms with van der Waals surface area (Å²) in [5.41, 5.74) is 3.96. The SMILES string of the molecule is C=Cc1ccccc1CC(CCCCCCCCCCC)c1cccnc1-[n+]1ccccc1. The highest BCUT2D eigenvalue weighted by Crippen LogP contribution is 2.30. The van der Waals surface area contributed by atoms with Crippen molar-refractivity contribution in [2.24, 2.45) is 0 Å². The summed E-state index contributed by atoms with van der Waals surface area (Å²) in [5.74, 6) is 1.49. The summed E-state index contributed by atoms with van der Waals surface area (Å²) >= 11 is 0. The largest absolute Gasteiger partial charge is 0.330 e. The van der Waals surface area contributed by atoms with Gasteiger partial charge in [-0.3, -0.25) is 0 Å². The molecule has 33 heavy (non-hydrogen) atoms. The highest BCUT2D eigenvalue weighted by molar-refractivity contribution is 5.52. The lowest BCUT2D eigenvalue weighted by Crippen LogP contribution is -2.32. The molecule has 0 spiro atoms. The highest BCUT2D eigenvalue weighted by Gasteiger charge is 2.23. The first-order valence-corrected chi connectivity index (χ1v) is 13.0. The zero-order valence-corrected chi connectivity index (χ0v) is 20.5. The molecule has 1 unspecified atom stereocenters. The van der Waals surface area contributed by atoms with Gasteiger partial charge in [-0.2, -0.15) is 0 Å². The van der Waals surface area contributed by atoms with Crippen molar-refractivity contribution in [3.8, 4) is 5.82 Å². The Morgan fingerprint density at radius 1 is 0.818 bits per heavy atom. The van der Waals surface area contributed by atoms with E-state index in [1.165, 1.54) is 80.9 Å². The predicted molar refractivity (Wildman–Crippen MR) is 141 cm³/mol. The lowest BCUT2D eigenvalue weighted by molar-refractivity contribution is -0.600. The Balaban J connectivity index is 1.70. The van der Waals surface area contributed by atoms with Crippen molar-refractivity contribution in [2.75, 3.05) is 0 Å². The molecule has 0 aliphatic heterocycles. The number of aromatic nitrogens is 2. The van der Waals surface area contributed by atoms with Crippen molar-refractivity contribution in [3.05, 3.63) is 96.5 Å². The number of hydrogen-bond donors (Lipinski definition) is 0. The summed E-state index contributed by atoms with van der Waals surface area (Å²) in [4.78, 5) is 4.79. The van der Waals surface area contributed by atoms with E-state index in [2.05, 4.69) is 85.1 Å². The molecule has 0 amide bonds. The van der Waals surface area contributed by atoms with Gasteiger partial charge in [-0.15, -0.1) is 0 Å². The minimum atomic E-state index is 0.437. The standard InChI is InChI=1S/C31H41N2/c1-3-5-6-7-8-9-10-11-13-21-29(26-28-20-15-14-19-27(28)4-2)30-22-18-23-32-31(30)33-24-16-12-17-25-33/h4,12,14-20,22-25,29H,2-3,5-11,13,21,26H2,1H3/q+1. The van der Waals surface area contributed by atoms with Crippen LogP contribution < -0.4 is 4.57 Å². The molecule has 3 aromatic rings. The first kappa shape index (κ1) is 24.9. The fraction of sp³-hybridized carbons (Fsp3) is 0.419. The smallest absolute Gasteiger partial charge is 0.203 e. The molecule has 0 aliphatic rings. The Hall–Kier alpha value is -2.74. The van der Waals surface area contributed by atoms with Gasteiger partial charge in [0.1, 0.15) is 6.20 Å². The molecule has 0 N–H and O–H groups in total. The third-order valence-corrected chi connectivity index (χ3v) is 6.61. The minimum absolute atomic E-state index is 0.437. The zero-order valence-electron chi connectivity index (χ0n) is 20.5. The van der Waals surface area contributed by atoms with Gasteiger partial charge in [0, 0.05) is 5.56 Å². The third-order valence-electron chi connectivity index (χ3n) is 6.61. The van der Waals surface area contributed by atoms with Crippen LogP contribution in [0.1, 0.15) is 93.7 Å². The van der Waals surface area contributed by atoms with Crippen molar-refractivity contribution in [1.82, 2.24) is 4.98 Å². The molecule has 2 heterocycles. The third kappa shape index (κ3) is 7.96. The molecule has 2 nitrogen and oxygen atoms in total. The second kappa shape index (κ2) is 14.4. The van der Waals surface area contributed by atoms with Crippen LogP contribution in [0.3, 0.4) is 0 Å². The molecule has 3 rings (SSSR count). The summed E-state index contributed by atoms with van der Waals surface area (Å²) in [6.07, 6.45) is 22.5. The van der Waals surface area contributed by atoms with Gasteiger partial charge in [0.15, 0.2) is 0 Å². The Morgan fingerprint density at radius 3 is 2.24 bits per heavy atom. The molecule has 174 valence electrons. The van der Waals surface area contributed by atoms with Crippen LogP contribution in [0.2, 0.25) is 0 Å². The van der Waals surface area contributed by atoms with Gasteiger partial charge in [0.2, 0.25) is 0 Å². The summed E-state index contributed by atoms with van der Waals surface area (Å²) < 4.78 is 2.15. The van der Waals surface area contributed by atoms with Gasteiger partial charge >= 0.3 is 5.82 Å². The van der Waals surface area contributed by atoms with E-state index in [0.717, 1.165) is 12.2 Å². The molecule has 2 aromatic heterocycles. The second-order valence-corrected chi connectivity index (χ2v) is 9.12. The van der Waals surface area contributed by atoms with Gasteiger partial charge in [-0.25, -0.2) is 4.57 Å². The molecular weight excluding hydrogens is 400 g/mol.